The van der Waals surface area contributed by atoms with Crippen molar-refractivity contribution in [2.45, 2.75) is 84.0 Å². The second-order valence-corrected chi connectivity index (χ2v) is 5.03. The van der Waals surface area contributed by atoms with Gasteiger partial charge in [0, 0.05) is 0 Å². The number of aliphatic hydroxyl groups excluding tert-OH is 1. The molecule has 17 heavy (non-hydrogen) atoms. The number of ether oxygens (including phenoxy) is 1. The molecule has 0 aromatic heterocycles. The third-order valence-electron chi connectivity index (χ3n) is 2.91. The molecule has 3 atom stereocenters. The minimum absolute atomic E-state index is 0.131. The van der Waals surface area contributed by atoms with Crippen molar-refractivity contribution < 1.29 is 9.84 Å². The third kappa shape index (κ3) is 10.5. The molecule has 1 N–H and O–H groups in total. The zero-order chi connectivity index (χ0) is 13.1. The van der Waals surface area contributed by atoms with Crippen molar-refractivity contribution in [3.05, 3.63) is 12.7 Å². The summed E-state index contributed by atoms with van der Waals surface area (Å²) in [6, 6.07) is 0. The Balaban J connectivity index is 3.83. The zero-order valence-corrected chi connectivity index (χ0v) is 11.8. The number of rotatable bonds is 11. The molecule has 0 aromatic carbocycles. The van der Waals surface area contributed by atoms with Gasteiger partial charge in [-0.25, -0.2) is 0 Å². The molecule has 0 rings (SSSR count). The van der Waals surface area contributed by atoms with Crippen LogP contribution in [0.25, 0.3) is 0 Å². The average molecular weight is 242 g/mol. The van der Waals surface area contributed by atoms with E-state index in [1.807, 2.05) is 19.9 Å². The predicted molar refractivity (Wildman–Crippen MR) is 74.2 cm³/mol. The summed E-state index contributed by atoms with van der Waals surface area (Å²) in [6.07, 6.45) is 9.88. The topological polar surface area (TPSA) is 29.5 Å². The number of unbranched alkanes of at least 4 members (excludes halogenated alkanes) is 3. The Hall–Kier alpha value is -0.340. The summed E-state index contributed by atoms with van der Waals surface area (Å²) in [5, 5.41) is 9.31. The van der Waals surface area contributed by atoms with Gasteiger partial charge in [0.15, 0.2) is 0 Å². The molecule has 0 aromatic rings. The third-order valence-corrected chi connectivity index (χ3v) is 2.91. The lowest BCUT2D eigenvalue weighted by Crippen LogP contribution is -2.22. The van der Waals surface area contributed by atoms with Crippen LogP contribution in [0.2, 0.25) is 0 Å². The molecule has 2 nitrogen and oxygen atoms in total. The van der Waals surface area contributed by atoms with Gasteiger partial charge in [-0.15, -0.1) is 6.58 Å². The summed E-state index contributed by atoms with van der Waals surface area (Å²) in [5.74, 6) is 0. The SMILES string of the molecule is C=CC[C@H](CCCCCC)O[C@@H](C)C[C@@H](C)O. The van der Waals surface area contributed by atoms with E-state index in [-0.39, 0.29) is 18.3 Å². The van der Waals surface area contributed by atoms with Crippen LogP contribution in [0.5, 0.6) is 0 Å². The van der Waals surface area contributed by atoms with Gasteiger partial charge in [0.05, 0.1) is 18.3 Å². The van der Waals surface area contributed by atoms with Gasteiger partial charge < -0.3 is 9.84 Å². The molecule has 0 saturated carbocycles. The molecule has 0 spiro atoms. The van der Waals surface area contributed by atoms with Gasteiger partial charge in [-0.2, -0.15) is 0 Å². The molecule has 102 valence electrons. The fourth-order valence-corrected chi connectivity index (χ4v) is 2.09. The fourth-order valence-electron chi connectivity index (χ4n) is 2.09. The Morgan fingerprint density at radius 1 is 1.24 bits per heavy atom. The highest BCUT2D eigenvalue weighted by Gasteiger charge is 2.13. The first-order valence-electron chi connectivity index (χ1n) is 7.04. The first-order valence-corrected chi connectivity index (χ1v) is 7.04. The number of hydrogen-bond donors (Lipinski definition) is 1. The molecule has 0 fully saturated rings. The largest absolute Gasteiger partial charge is 0.393 e. The van der Waals surface area contributed by atoms with Gasteiger partial charge in [0.25, 0.3) is 0 Å². The van der Waals surface area contributed by atoms with Crippen LogP contribution in [-0.4, -0.2) is 23.4 Å². The van der Waals surface area contributed by atoms with Crippen LogP contribution in [0.4, 0.5) is 0 Å². The van der Waals surface area contributed by atoms with E-state index in [0.29, 0.717) is 6.42 Å². The van der Waals surface area contributed by atoms with E-state index in [4.69, 9.17) is 4.74 Å². The second kappa shape index (κ2) is 10.8. The van der Waals surface area contributed by atoms with E-state index in [9.17, 15) is 5.11 Å². The van der Waals surface area contributed by atoms with E-state index < -0.39 is 0 Å². The van der Waals surface area contributed by atoms with E-state index in [1.165, 1.54) is 25.7 Å². The summed E-state index contributed by atoms with van der Waals surface area (Å²) >= 11 is 0. The van der Waals surface area contributed by atoms with Crippen molar-refractivity contribution in [3.63, 3.8) is 0 Å². The Morgan fingerprint density at radius 3 is 2.47 bits per heavy atom. The predicted octanol–water partition coefficient (Wildman–Crippen LogP) is 4.08. The highest BCUT2D eigenvalue weighted by Crippen LogP contribution is 2.15. The molecular weight excluding hydrogens is 212 g/mol. The molecule has 0 aliphatic carbocycles. The second-order valence-electron chi connectivity index (χ2n) is 5.03. The lowest BCUT2D eigenvalue weighted by Gasteiger charge is -2.22. The van der Waals surface area contributed by atoms with Crippen LogP contribution in [0, 0.1) is 0 Å². The van der Waals surface area contributed by atoms with Gasteiger partial charge in [-0.3, -0.25) is 0 Å². The molecule has 0 aliphatic heterocycles. The van der Waals surface area contributed by atoms with Crippen LogP contribution in [0.15, 0.2) is 12.7 Å². The van der Waals surface area contributed by atoms with Gasteiger partial charge in [0.1, 0.15) is 0 Å². The lowest BCUT2D eigenvalue weighted by molar-refractivity contribution is -0.0267. The normalized spacial score (nSPS) is 16.5. The fraction of sp³-hybridized carbons (Fsp3) is 0.867. The van der Waals surface area contributed by atoms with Crippen molar-refractivity contribution in [2.75, 3.05) is 0 Å². The standard InChI is InChI=1S/C15H30O2/c1-5-7-8-9-11-15(10-6-2)17-14(4)12-13(3)16/h6,13-16H,2,5,7-12H2,1,3-4H3/t13-,14+,15-/m1/s1. The van der Waals surface area contributed by atoms with Crippen LogP contribution >= 0.6 is 0 Å². The van der Waals surface area contributed by atoms with Crippen molar-refractivity contribution in [3.8, 4) is 0 Å². The van der Waals surface area contributed by atoms with Crippen LogP contribution < -0.4 is 0 Å². The lowest BCUT2D eigenvalue weighted by atomic mass is 10.1. The molecule has 0 saturated heterocycles. The number of aliphatic hydroxyl groups is 1. The smallest absolute Gasteiger partial charge is 0.0613 e. The molecule has 0 aliphatic rings. The van der Waals surface area contributed by atoms with Crippen LogP contribution in [0.3, 0.4) is 0 Å². The van der Waals surface area contributed by atoms with Crippen molar-refractivity contribution in [1.82, 2.24) is 0 Å². The quantitative estimate of drug-likeness (QED) is 0.437. The minimum atomic E-state index is -0.283. The molecule has 0 bridgehead atoms. The van der Waals surface area contributed by atoms with Crippen molar-refractivity contribution in [1.29, 1.82) is 0 Å². The van der Waals surface area contributed by atoms with E-state index in [2.05, 4.69) is 13.5 Å². The molecule has 0 heterocycles. The Morgan fingerprint density at radius 2 is 1.94 bits per heavy atom. The molecule has 0 unspecified atom stereocenters. The van der Waals surface area contributed by atoms with Crippen molar-refractivity contribution >= 4 is 0 Å². The summed E-state index contributed by atoms with van der Waals surface area (Å²) in [6.45, 7) is 9.85. The van der Waals surface area contributed by atoms with Crippen molar-refractivity contribution in [2.24, 2.45) is 0 Å². The maximum atomic E-state index is 9.31. The van der Waals surface area contributed by atoms with Gasteiger partial charge in [-0.1, -0.05) is 38.7 Å². The summed E-state index contributed by atoms with van der Waals surface area (Å²) in [5.41, 5.74) is 0. The van der Waals surface area contributed by atoms with Crippen LogP contribution in [0.1, 0.15) is 65.7 Å². The molecule has 0 radical (unpaired) electrons. The average Bonchev–Trinajstić information content (AvgIpc) is 2.23. The van der Waals surface area contributed by atoms with Gasteiger partial charge >= 0.3 is 0 Å². The zero-order valence-electron chi connectivity index (χ0n) is 11.8. The minimum Gasteiger partial charge on any atom is -0.393 e. The Bertz CT molecular complexity index is 178. The summed E-state index contributed by atoms with van der Waals surface area (Å²) in [4.78, 5) is 0. The molecule has 2 heteroatoms. The summed E-state index contributed by atoms with van der Waals surface area (Å²) in [7, 11) is 0. The highest BCUT2D eigenvalue weighted by molar-refractivity contribution is 4.74. The van der Waals surface area contributed by atoms with E-state index in [1.54, 1.807) is 0 Å². The van der Waals surface area contributed by atoms with E-state index in [0.717, 1.165) is 12.8 Å². The van der Waals surface area contributed by atoms with Gasteiger partial charge in [0.2, 0.25) is 0 Å². The Kier molecular flexibility index (Phi) is 10.6. The highest BCUT2D eigenvalue weighted by atomic mass is 16.5. The molecule has 0 amide bonds. The monoisotopic (exact) mass is 242 g/mol. The van der Waals surface area contributed by atoms with E-state index >= 15 is 0 Å². The van der Waals surface area contributed by atoms with Crippen LogP contribution in [-0.2, 0) is 4.74 Å². The first-order chi connectivity index (χ1) is 8.10. The first kappa shape index (κ1) is 16.7. The van der Waals surface area contributed by atoms with Gasteiger partial charge in [-0.05, 0) is 33.1 Å². The maximum absolute atomic E-state index is 9.31. The maximum Gasteiger partial charge on any atom is 0.0613 e. The summed E-state index contributed by atoms with van der Waals surface area (Å²) < 4.78 is 5.95. The molecular formula is C15H30O2. The Labute approximate surface area is 107 Å². The number of hydrogen-bond acceptors (Lipinski definition) is 2.